The van der Waals surface area contributed by atoms with E-state index in [4.69, 9.17) is 9.47 Å². The minimum atomic E-state index is -4.32. The summed E-state index contributed by atoms with van der Waals surface area (Å²) in [6.07, 6.45) is -2.66. The number of nitrogens with zero attached hydrogens (tertiary/aromatic N) is 2. The first-order valence-corrected chi connectivity index (χ1v) is 9.63. The van der Waals surface area contributed by atoms with Gasteiger partial charge in [-0.05, 0) is 17.2 Å². The average molecular weight is 568 g/mol. The van der Waals surface area contributed by atoms with Gasteiger partial charge in [0.25, 0.3) is 0 Å². The van der Waals surface area contributed by atoms with Crippen molar-refractivity contribution in [1.29, 1.82) is 0 Å². The van der Waals surface area contributed by atoms with E-state index >= 15 is 0 Å². The van der Waals surface area contributed by atoms with Crippen LogP contribution in [0.15, 0.2) is 47.6 Å². The third kappa shape index (κ3) is 11.0. The van der Waals surface area contributed by atoms with Crippen molar-refractivity contribution in [2.75, 3.05) is 34.0 Å². The molecule has 1 heterocycles. The van der Waals surface area contributed by atoms with E-state index in [1.165, 1.54) is 0 Å². The van der Waals surface area contributed by atoms with Crippen LogP contribution in [-0.4, -0.2) is 51.1 Å². The van der Waals surface area contributed by atoms with Gasteiger partial charge in [0.15, 0.2) is 5.96 Å². The minimum absolute atomic E-state index is 0. The number of halogens is 4. The van der Waals surface area contributed by atoms with Crippen LogP contribution in [0.25, 0.3) is 0 Å². The van der Waals surface area contributed by atoms with Crippen LogP contribution in [0.2, 0.25) is 0 Å². The zero-order chi connectivity index (χ0) is 22.5. The molecule has 0 bridgehead atoms. The number of aliphatic imine (C=N–C) groups is 1. The number of rotatable bonds is 11. The molecule has 0 atom stereocenters. The third-order valence-corrected chi connectivity index (χ3v) is 4.06. The van der Waals surface area contributed by atoms with Gasteiger partial charge >= 0.3 is 6.18 Å². The maximum absolute atomic E-state index is 12.1. The first kappa shape index (κ1) is 27.9. The SMILES string of the molecule is CN=C(NCc1ccc(COCC(F)(F)F)cc1)NCc1cccnc1OCCOC.I. The van der Waals surface area contributed by atoms with Crippen LogP contribution >= 0.6 is 24.0 Å². The molecule has 178 valence electrons. The average Bonchev–Trinajstić information content (AvgIpc) is 2.75. The first-order valence-electron chi connectivity index (χ1n) is 9.63. The fourth-order valence-corrected chi connectivity index (χ4v) is 2.53. The van der Waals surface area contributed by atoms with Crippen molar-refractivity contribution in [3.05, 3.63) is 59.3 Å². The zero-order valence-corrected chi connectivity index (χ0v) is 20.3. The van der Waals surface area contributed by atoms with Crippen molar-refractivity contribution in [3.63, 3.8) is 0 Å². The second-order valence-corrected chi connectivity index (χ2v) is 6.51. The van der Waals surface area contributed by atoms with Crippen molar-refractivity contribution in [1.82, 2.24) is 15.6 Å². The van der Waals surface area contributed by atoms with Crippen LogP contribution in [-0.2, 0) is 29.2 Å². The van der Waals surface area contributed by atoms with Gasteiger partial charge in [0.05, 0.1) is 13.2 Å². The molecule has 0 fully saturated rings. The summed E-state index contributed by atoms with van der Waals surface area (Å²) in [5.41, 5.74) is 2.50. The molecule has 0 amide bonds. The zero-order valence-electron chi connectivity index (χ0n) is 17.9. The Bertz CT molecular complexity index is 821. The molecule has 0 saturated heterocycles. The number of alkyl halides is 3. The highest BCUT2D eigenvalue weighted by atomic mass is 127. The lowest BCUT2D eigenvalue weighted by Gasteiger charge is -2.14. The van der Waals surface area contributed by atoms with Crippen molar-refractivity contribution >= 4 is 29.9 Å². The molecule has 1 aromatic heterocycles. The summed E-state index contributed by atoms with van der Waals surface area (Å²) in [6.45, 7) is 0.494. The number of guanidine groups is 1. The smallest absolute Gasteiger partial charge is 0.411 e. The van der Waals surface area contributed by atoms with Crippen molar-refractivity contribution in [2.45, 2.75) is 25.9 Å². The summed E-state index contributed by atoms with van der Waals surface area (Å²) in [5.74, 6) is 1.12. The summed E-state index contributed by atoms with van der Waals surface area (Å²) < 4.78 is 51.7. The molecule has 1 aromatic carbocycles. The Balaban J connectivity index is 0.00000512. The number of benzene rings is 1. The van der Waals surface area contributed by atoms with Crippen molar-refractivity contribution in [2.24, 2.45) is 4.99 Å². The van der Waals surface area contributed by atoms with Gasteiger partial charge < -0.3 is 24.8 Å². The van der Waals surface area contributed by atoms with Crippen molar-refractivity contribution in [3.8, 4) is 5.88 Å². The summed E-state index contributed by atoms with van der Waals surface area (Å²) in [5, 5.41) is 6.39. The van der Waals surface area contributed by atoms with Crippen LogP contribution in [0.4, 0.5) is 13.2 Å². The van der Waals surface area contributed by atoms with Crippen LogP contribution < -0.4 is 15.4 Å². The van der Waals surface area contributed by atoms with E-state index in [1.807, 2.05) is 24.3 Å². The standard InChI is InChI=1S/C21H27F3N4O3.HI/c1-25-20(28-13-18-4-3-9-26-19(18)31-11-10-29-2)27-12-16-5-7-17(8-6-16)14-30-15-21(22,23)24;/h3-9H,10-15H2,1-2H3,(H2,25,27,28);1H. The molecule has 2 aromatic rings. The van der Waals surface area contributed by atoms with Gasteiger partial charge in [0.1, 0.15) is 13.2 Å². The van der Waals surface area contributed by atoms with Gasteiger partial charge in [-0.25, -0.2) is 4.98 Å². The maximum atomic E-state index is 12.1. The number of hydrogen-bond acceptors (Lipinski definition) is 5. The van der Waals surface area contributed by atoms with E-state index in [1.54, 1.807) is 32.5 Å². The fraction of sp³-hybridized carbons (Fsp3) is 0.429. The van der Waals surface area contributed by atoms with Crippen LogP contribution in [0.1, 0.15) is 16.7 Å². The summed E-state index contributed by atoms with van der Waals surface area (Å²) in [4.78, 5) is 8.43. The molecule has 0 radical (unpaired) electrons. The molecular weight excluding hydrogens is 540 g/mol. The number of pyridine rings is 1. The van der Waals surface area contributed by atoms with E-state index in [-0.39, 0.29) is 30.6 Å². The Morgan fingerprint density at radius 1 is 1.03 bits per heavy atom. The Labute approximate surface area is 202 Å². The number of hydrogen-bond donors (Lipinski definition) is 2. The van der Waals surface area contributed by atoms with Crippen LogP contribution in [0.3, 0.4) is 0 Å². The highest BCUT2D eigenvalue weighted by Gasteiger charge is 2.27. The highest BCUT2D eigenvalue weighted by Crippen LogP contribution is 2.16. The maximum Gasteiger partial charge on any atom is 0.411 e. The normalized spacial score (nSPS) is 11.6. The van der Waals surface area contributed by atoms with Crippen LogP contribution in [0.5, 0.6) is 5.88 Å². The second-order valence-electron chi connectivity index (χ2n) is 6.51. The number of methoxy groups -OCH3 is 1. The lowest BCUT2D eigenvalue weighted by atomic mass is 10.1. The van der Waals surface area contributed by atoms with Gasteiger partial charge in [-0.15, -0.1) is 24.0 Å². The number of ether oxygens (including phenoxy) is 3. The van der Waals surface area contributed by atoms with Crippen LogP contribution in [0, 0.1) is 0 Å². The van der Waals surface area contributed by atoms with Gasteiger partial charge in [-0.3, -0.25) is 4.99 Å². The molecule has 2 N–H and O–H groups in total. The fourth-order valence-electron chi connectivity index (χ4n) is 2.53. The molecule has 2 rings (SSSR count). The Hall–Kier alpha value is -2.12. The van der Waals surface area contributed by atoms with E-state index < -0.39 is 12.8 Å². The monoisotopic (exact) mass is 568 g/mol. The second kappa shape index (κ2) is 14.9. The predicted octanol–water partition coefficient (Wildman–Crippen LogP) is 3.67. The molecule has 32 heavy (non-hydrogen) atoms. The molecule has 0 saturated carbocycles. The van der Waals surface area contributed by atoms with Crippen molar-refractivity contribution < 1.29 is 27.4 Å². The minimum Gasteiger partial charge on any atom is -0.475 e. The predicted molar refractivity (Wildman–Crippen MR) is 126 cm³/mol. The number of aromatic nitrogens is 1. The summed E-state index contributed by atoms with van der Waals surface area (Å²) in [6, 6.07) is 10.9. The molecule has 0 unspecified atom stereocenters. The Morgan fingerprint density at radius 3 is 2.38 bits per heavy atom. The van der Waals surface area contributed by atoms with E-state index in [9.17, 15) is 13.2 Å². The molecule has 0 spiro atoms. The third-order valence-electron chi connectivity index (χ3n) is 4.06. The van der Waals surface area contributed by atoms with E-state index in [0.717, 1.165) is 11.1 Å². The number of nitrogens with one attached hydrogen (secondary N) is 2. The largest absolute Gasteiger partial charge is 0.475 e. The lowest BCUT2D eigenvalue weighted by Crippen LogP contribution is -2.36. The van der Waals surface area contributed by atoms with Gasteiger partial charge in [0.2, 0.25) is 5.88 Å². The molecule has 0 aliphatic carbocycles. The lowest BCUT2D eigenvalue weighted by molar-refractivity contribution is -0.176. The van der Waals surface area contributed by atoms with E-state index in [0.29, 0.717) is 43.7 Å². The topological polar surface area (TPSA) is 77.0 Å². The van der Waals surface area contributed by atoms with E-state index in [2.05, 4.69) is 25.3 Å². The summed E-state index contributed by atoms with van der Waals surface area (Å²) in [7, 11) is 3.27. The van der Waals surface area contributed by atoms with Gasteiger partial charge in [0, 0.05) is 39.0 Å². The molecular formula is C21H28F3IN4O3. The first-order chi connectivity index (χ1) is 14.9. The molecule has 7 nitrogen and oxygen atoms in total. The Kier molecular flexibility index (Phi) is 13.0. The molecule has 11 heteroatoms. The quantitative estimate of drug-likeness (QED) is 0.187. The Morgan fingerprint density at radius 2 is 1.72 bits per heavy atom. The van der Waals surface area contributed by atoms with Gasteiger partial charge in [-0.1, -0.05) is 30.3 Å². The van der Waals surface area contributed by atoms with Gasteiger partial charge in [-0.2, -0.15) is 13.2 Å². The molecule has 0 aliphatic rings. The summed E-state index contributed by atoms with van der Waals surface area (Å²) >= 11 is 0. The molecule has 0 aliphatic heterocycles. The highest BCUT2D eigenvalue weighted by molar-refractivity contribution is 14.0.